The Balaban J connectivity index is 2.39. The van der Waals surface area contributed by atoms with E-state index < -0.39 is 33.6 Å². The normalized spacial score (nSPS) is 10.3. The molecule has 2 aromatic carbocycles. The number of nitro benzene ring substituents is 1. The summed E-state index contributed by atoms with van der Waals surface area (Å²) >= 11 is 0. The van der Waals surface area contributed by atoms with Crippen molar-refractivity contribution in [1.82, 2.24) is 0 Å². The van der Waals surface area contributed by atoms with Crippen molar-refractivity contribution in [3.8, 4) is 0 Å². The lowest BCUT2D eigenvalue weighted by Gasteiger charge is -2.04. The van der Waals surface area contributed by atoms with Crippen LogP contribution in [0, 0.1) is 21.7 Å². The average Bonchev–Trinajstić information content (AvgIpc) is 2.42. The first-order chi connectivity index (χ1) is 9.49. The predicted octanol–water partition coefficient (Wildman–Crippen LogP) is 3.30. The minimum Gasteiger partial charge on any atom is -0.294 e. The first-order valence-electron chi connectivity index (χ1n) is 5.69. The third-order valence-corrected chi connectivity index (χ3v) is 2.74. The summed E-state index contributed by atoms with van der Waals surface area (Å²) in [7, 11) is 0. The highest BCUT2D eigenvalue weighted by Gasteiger charge is 2.23. The number of hydrogen-bond acceptors (Lipinski definition) is 3. The van der Waals surface area contributed by atoms with Crippen molar-refractivity contribution in [2.45, 2.75) is 6.42 Å². The molecular weight excluding hydrogens is 268 g/mol. The van der Waals surface area contributed by atoms with Crippen molar-refractivity contribution in [3.63, 3.8) is 0 Å². The van der Waals surface area contributed by atoms with Crippen molar-refractivity contribution >= 4 is 11.5 Å². The zero-order valence-electron chi connectivity index (χ0n) is 10.2. The number of ketones is 1. The maximum Gasteiger partial charge on any atom is 0.283 e. The molecule has 4 nitrogen and oxygen atoms in total. The molecule has 0 radical (unpaired) electrons. The molecule has 0 N–H and O–H groups in total. The van der Waals surface area contributed by atoms with Gasteiger partial charge in [-0.05, 0) is 11.6 Å². The van der Waals surface area contributed by atoms with Gasteiger partial charge in [0.1, 0.15) is 0 Å². The lowest BCUT2D eigenvalue weighted by Crippen LogP contribution is -2.08. The number of rotatable bonds is 4. The van der Waals surface area contributed by atoms with E-state index in [1.807, 2.05) is 0 Å². The molecule has 0 unspecified atom stereocenters. The van der Waals surface area contributed by atoms with Crippen LogP contribution in [-0.2, 0) is 6.42 Å². The van der Waals surface area contributed by atoms with Gasteiger partial charge in [-0.2, -0.15) is 0 Å². The third-order valence-electron chi connectivity index (χ3n) is 2.74. The van der Waals surface area contributed by atoms with E-state index >= 15 is 0 Å². The van der Waals surface area contributed by atoms with Crippen LogP contribution in [-0.4, -0.2) is 10.7 Å². The molecule has 0 aliphatic carbocycles. The van der Waals surface area contributed by atoms with Crippen LogP contribution in [0.3, 0.4) is 0 Å². The van der Waals surface area contributed by atoms with Crippen LogP contribution in [0.2, 0.25) is 0 Å². The van der Waals surface area contributed by atoms with Gasteiger partial charge in [-0.15, -0.1) is 0 Å². The molecule has 2 aromatic rings. The quantitative estimate of drug-likeness (QED) is 0.489. The van der Waals surface area contributed by atoms with E-state index in [0.717, 1.165) is 0 Å². The van der Waals surface area contributed by atoms with Gasteiger partial charge < -0.3 is 0 Å². The van der Waals surface area contributed by atoms with E-state index in [4.69, 9.17) is 0 Å². The summed E-state index contributed by atoms with van der Waals surface area (Å²) in [4.78, 5) is 21.9. The van der Waals surface area contributed by atoms with Crippen molar-refractivity contribution in [3.05, 3.63) is 75.3 Å². The van der Waals surface area contributed by atoms with Gasteiger partial charge in [-0.1, -0.05) is 30.3 Å². The smallest absolute Gasteiger partial charge is 0.283 e. The van der Waals surface area contributed by atoms with Crippen LogP contribution in [0.25, 0.3) is 0 Å². The highest BCUT2D eigenvalue weighted by molar-refractivity contribution is 6.01. The number of halogens is 2. The number of Topliss-reactive ketones (excluding diaryl/α,β-unsaturated/α-hetero) is 1. The van der Waals surface area contributed by atoms with Crippen LogP contribution < -0.4 is 0 Å². The van der Waals surface area contributed by atoms with E-state index in [0.29, 0.717) is 17.7 Å². The van der Waals surface area contributed by atoms with E-state index in [9.17, 15) is 23.7 Å². The Kier molecular flexibility index (Phi) is 3.84. The third kappa shape index (κ3) is 2.85. The number of hydrogen-bond donors (Lipinski definition) is 0. The van der Waals surface area contributed by atoms with Gasteiger partial charge in [0, 0.05) is 6.42 Å². The predicted molar refractivity (Wildman–Crippen MR) is 67.5 cm³/mol. The lowest BCUT2D eigenvalue weighted by molar-refractivity contribution is -0.385. The molecule has 0 saturated carbocycles. The Morgan fingerprint density at radius 2 is 1.70 bits per heavy atom. The van der Waals surface area contributed by atoms with Gasteiger partial charge in [0.2, 0.25) is 0 Å². The number of benzene rings is 2. The molecule has 0 aromatic heterocycles. The topological polar surface area (TPSA) is 60.2 Å². The lowest BCUT2D eigenvalue weighted by atomic mass is 10.0. The molecule has 6 heteroatoms. The first-order valence-corrected chi connectivity index (χ1v) is 5.69. The highest BCUT2D eigenvalue weighted by Crippen LogP contribution is 2.23. The minimum absolute atomic E-state index is 0.118. The molecule has 20 heavy (non-hydrogen) atoms. The molecule has 0 amide bonds. The monoisotopic (exact) mass is 277 g/mol. The van der Waals surface area contributed by atoms with E-state index in [-0.39, 0.29) is 6.42 Å². The van der Waals surface area contributed by atoms with Crippen LogP contribution in [0.15, 0.2) is 42.5 Å². The number of carbonyl (C=O) groups excluding carboxylic acids is 1. The molecule has 0 heterocycles. The summed E-state index contributed by atoms with van der Waals surface area (Å²) in [6.07, 6.45) is -0.118. The molecule has 0 spiro atoms. The van der Waals surface area contributed by atoms with Gasteiger partial charge >= 0.3 is 0 Å². The van der Waals surface area contributed by atoms with Crippen molar-refractivity contribution < 1.29 is 18.5 Å². The second-order valence-corrected chi connectivity index (χ2v) is 4.13. The van der Waals surface area contributed by atoms with Gasteiger partial charge in [-0.3, -0.25) is 14.9 Å². The van der Waals surface area contributed by atoms with E-state index in [1.165, 1.54) is 0 Å². The van der Waals surface area contributed by atoms with Crippen LogP contribution in [0.4, 0.5) is 14.5 Å². The highest BCUT2D eigenvalue weighted by atomic mass is 19.2. The van der Waals surface area contributed by atoms with Gasteiger partial charge in [-0.25, -0.2) is 8.78 Å². The molecule has 0 atom stereocenters. The van der Waals surface area contributed by atoms with Crippen molar-refractivity contribution in [2.24, 2.45) is 0 Å². The minimum atomic E-state index is -1.35. The standard InChI is InChI=1S/C14H9F2NO3/c15-11-7-10(13(17(19)20)8-12(11)16)14(18)6-9-4-2-1-3-5-9/h1-5,7-8H,6H2. The number of nitrogens with zero attached hydrogens (tertiary/aromatic N) is 1. The Hall–Kier alpha value is -2.63. The van der Waals surface area contributed by atoms with Gasteiger partial charge in [0.25, 0.3) is 5.69 Å². The van der Waals surface area contributed by atoms with E-state index in [2.05, 4.69) is 0 Å². The largest absolute Gasteiger partial charge is 0.294 e. The van der Waals surface area contributed by atoms with Crippen molar-refractivity contribution in [1.29, 1.82) is 0 Å². The summed E-state index contributed by atoms with van der Waals surface area (Å²) in [6, 6.07) is 9.51. The van der Waals surface area contributed by atoms with Crippen molar-refractivity contribution in [2.75, 3.05) is 0 Å². The second-order valence-electron chi connectivity index (χ2n) is 4.13. The summed E-state index contributed by atoms with van der Waals surface area (Å²) in [5, 5.41) is 10.8. The Labute approximate surface area is 112 Å². The summed E-state index contributed by atoms with van der Waals surface area (Å²) in [6.45, 7) is 0. The fourth-order valence-corrected chi connectivity index (χ4v) is 1.79. The van der Waals surface area contributed by atoms with E-state index in [1.54, 1.807) is 30.3 Å². The zero-order valence-corrected chi connectivity index (χ0v) is 10.2. The number of nitro groups is 1. The van der Waals surface area contributed by atoms with Gasteiger partial charge in [0.05, 0.1) is 16.6 Å². The van der Waals surface area contributed by atoms with Gasteiger partial charge in [0.15, 0.2) is 17.4 Å². The summed E-state index contributed by atoms with van der Waals surface area (Å²) in [5.74, 6) is -3.28. The molecule has 102 valence electrons. The molecule has 0 aliphatic rings. The van der Waals surface area contributed by atoms with Crippen LogP contribution in [0.1, 0.15) is 15.9 Å². The molecule has 0 fully saturated rings. The fraction of sp³-hybridized carbons (Fsp3) is 0.0714. The Morgan fingerprint density at radius 3 is 2.30 bits per heavy atom. The average molecular weight is 277 g/mol. The number of carbonyl (C=O) groups is 1. The summed E-state index contributed by atoms with van der Waals surface area (Å²) < 4.78 is 26.2. The van der Waals surface area contributed by atoms with Crippen LogP contribution >= 0.6 is 0 Å². The maximum absolute atomic E-state index is 13.2. The first kappa shape index (κ1) is 13.8. The SMILES string of the molecule is O=C(Cc1ccccc1)c1cc(F)c(F)cc1[N+](=O)[O-]. The molecule has 0 bridgehead atoms. The molecule has 2 rings (SSSR count). The summed E-state index contributed by atoms with van der Waals surface area (Å²) in [5.41, 5.74) is -0.529. The van der Waals surface area contributed by atoms with Crippen LogP contribution in [0.5, 0.6) is 0 Å². The molecular formula is C14H9F2NO3. The maximum atomic E-state index is 13.2. The Bertz CT molecular complexity index is 672. The Morgan fingerprint density at radius 1 is 1.10 bits per heavy atom. The molecule has 0 saturated heterocycles. The molecule has 0 aliphatic heterocycles. The fourth-order valence-electron chi connectivity index (χ4n) is 1.79. The second kappa shape index (κ2) is 5.56. The zero-order chi connectivity index (χ0) is 14.7.